The molecule has 25 heavy (non-hydrogen) atoms. The Labute approximate surface area is 145 Å². The molecule has 0 radical (unpaired) electrons. The zero-order chi connectivity index (χ0) is 18.4. The molecule has 2 saturated heterocycles. The van der Waals surface area contributed by atoms with Crippen LogP contribution in [0, 0.1) is 11.8 Å². The van der Waals surface area contributed by atoms with Gasteiger partial charge in [0.1, 0.15) is 0 Å². The van der Waals surface area contributed by atoms with Crippen LogP contribution in [-0.2, 0) is 25.7 Å². The van der Waals surface area contributed by atoms with Crippen molar-refractivity contribution in [3.05, 3.63) is 18.2 Å². The molecule has 3 rings (SSSR count). The van der Waals surface area contributed by atoms with Crippen molar-refractivity contribution < 1.29 is 24.2 Å². The third-order valence-electron chi connectivity index (χ3n) is 5.26. The number of aromatic nitrogens is 2. The van der Waals surface area contributed by atoms with E-state index in [0.29, 0.717) is 12.2 Å². The fourth-order valence-corrected chi connectivity index (χ4v) is 4.06. The Kier molecular flexibility index (Phi) is 4.38. The van der Waals surface area contributed by atoms with E-state index in [2.05, 4.69) is 10.3 Å². The maximum atomic E-state index is 12.8. The first-order chi connectivity index (χ1) is 12.0. The summed E-state index contributed by atoms with van der Waals surface area (Å²) in [5.41, 5.74) is -0.959. The number of methoxy groups -OCH3 is 1. The highest BCUT2D eigenvalue weighted by atomic mass is 16.5. The Morgan fingerprint density at radius 1 is 1.36 bits per heavy atom. The van der Waals surface area contributed by atoms with Gasteiger partial charge >= 0.3 is 5.97 Å². The Morgan fingerprint density at radius 3 is 2.64 bits per heavy atom. The molecule has 136 valence electrons. The number of ether oxygens (including phenoxy) is 1. The molecular weight excluding hydrogens is 328 g/mol. The van der Waals surface area contributed by atoms with E-state index in [4.69, 9.17) is 4.74 Å². The van der Waals surface area contributed by atoms with Crippen LogP contribution >= 0.6 is 0 Å². The molecule has 9 nitrogen and oxygen atoms in total. The number of carbonyl (C=O) groups is 3. The molecule has 0 spiro atoms. The van der Waals surface area contributed by atoms with E-state index < -0.39 is 41.9 Å². The van der Waals surface area contributed by atoms with Crippen LogP contribution in [0.3, 0.4) is 0 Å². The van der Waals surface area contributed by atoms with Crippen molar-refractivity contribution in [2.24, 2.45) is 11.8 Å². The lowest BCUT2D eigenvalue weighted by atomic mass is 9.80. The molecule has 2 amide bonds. The maximum Gasteiger partial charge on any atom is 0.329 e. The molecule has 0 saturated carbocycles. The minimum absolute atomic E-state index is 0.215. The standard InChI is InChI=1S/C16H22N4O5/c1-4-19-8-17-6-9(19)12-10-11(14(23)20(5-2)13(10)22)16(7-21,18-12)15(24)25-3/h6,8,10-12,18,21H,4-5,7H2,1-3H3/t10-,11-,12-,16-/m1/s1. The smallest absolute Gasteiger partial charge is 0.329 e. The Balaban J connectivity index is 2.15. The number of aliphatic hydroxyl groups excluding tert-OH is 1. The normalized spacial score (nSPS) is 31.5. The SMILES string of the molecule is CCN1C(=O)[C@H]2[C@@H](c3cncn3CC)N[C@@](CO)(C(=O)OC)[C@H]2C1=O. The molecule has 0 aliphatic carbocycles. The van der Waals surface area contributed by atoms with Crippen LogP contribution in [0.15, 0.2) is 12.5 Å². The largest absolute Gasteiger partial charge is 0.468 e. The lowest BCUT2D eigenvalue weighted by Crippen LogP contribution is -2.58. The van der Waals surface area contributed by atoms with Crippen molar-refractivity contribution in [2.75, 3.05) is 20.3 Å². The zero-order valence-corrected chi connectivity index (χ0v) is 14.4. The van der Waals surface area contributed by atoms with Crippen LogP contribution in [0.25, 0.3) is 0 Å². The summed E-state index contributed by atoms with van der Waals surface area (Å²) in [4.78, 5) is 43.4. The van der Waals surface area contributed by atoms with Gasteiger partial charge in [-0.05, 0) is 13.8 Å². The average molecular weight is 350 g/mol. The van der Waals surface area contributed by atoms with Crippen molar-refractivity contribution in [3.63, 3.8) is 0 Å². The summed E-state index contributed by atoms with van der Waals surface area (Å²) in [6.07, 6.45) is 3.23. The second-order valence-electron chi connectivity index (χ2n) is 6.27. The maximum absolute atomic E-state index is 12.8. The number of fused-ring (bicyclic) bond motifs is 1. The molecule has 0 unspecified atom stereocenters. The van der Waals surface area contributed by atoms with Crippen LogP contribution in [0.4, 0.5) is 0 Å². The summed E-state index contributed by atoms with van der Waals surface area (Å²) < 4.78 is 6.68. The molecule has 2 fully saturated rings. The summed E-state index contributed by atoms with van der Waals surface area (Å²) in [5.74, 6) is -3.37. The first-order valence-electron chi connectivity index (χ1n) is 8.29. The van der Waals surface area contributed by atoms with Crippen LogP contribution < -0.4 is 5.32 Å². The lowest BCUT2D eigenvalue weighted by molar-refractivity contribution is -0.156. The monoisotopic (exact) mass is 350 g/mol. The van der Waals surface area contributed by atoms with Gasteiger partial charge in [-0.2, -0.15) is 0 Å². The summed E-state index contributed by atoms with van der Waals surface area (Å²) >= 11 is 0. The number of nitrogens with one attached hydrogen (secondary N) is 1. The van der Waals surface area contributed by atoms with Crippen LogP contribution in [0.2, 0.25) is 0 Å². The molecule has 2 aliphatic rings. The molecule has 3 heterocycles. The van der Waals surface area contributed by atoms with Gasteiger partial charge in [-0.15, -0.1) is 0 Å². The van der Waals surface area contributed by atoms with Gasteiger partial charge in [-0.25, -0.2) is 9.78 Å². The molecule has 2 aliphatic heterocycles. The van der Waals surface area contributed by atoms with Crippen molar-refractivity contribution in [1.82, 2.24) is 19.8 Å². The predicted molar refractivity (Wildman–Crippen MR) is 85.0 cm³/mol. The van der Waals surface area contributed by atoms with Crippen molar-refractivity contribution >= 4 is 17.8 Å². The number of hydrogen-bond donors (Lipinski definition) is 2. The summed E-state index contributed by atoms with van der Waals surface area (Å²) in [6, 6.07) is -0.619. The molecule has 0 bridgehead atoms. The second kappa shape index (κ2) is 6.23. The minimum Gasteiger partial charge on any atom is -0.468 e. The topological polar surface area (TPSA) is 114 Å². The molecule has 2 N–H and O–H groups in total. The number of esters is 1. The first-order valence-corrected chi connectivity index (χ1v) is 8.29. The molecule has 4 atom stereocenters. The van der Waals surface area contributed by atoms with E-state index in [1.807, 2.05) is 11.5 Å². The van der Waals surface area contributed by atoms with E-state index >= 15 is 0 Å². The fourth-order valence-electron chi connectivity index (χ4n) is 4.06. The van der Waals surface area contributed by atoms with E-state index in [0.717, 1.165) is 4.90 Å². The van der Waals surface area contributed by atoms with Crippen molar-refractivity contribution in [3.8, 4) is 0 Å². The van der Waals surface area contributed by atoms with Gasteiger partial charge in [0.15, 0.2) is 5.54 Å². The number of aryl methyl sites for hydroxylation is 1. The molecule has 9 heteroatoms. The van der Waals surface area contributed by atoms with E-state index in [9.17, 15) is 19.5 Å². The van der Waals surface area contributed by atoms with Crippen molar-refractivity contribution in [1.29, 1.82) is 0 Å². The van der Waals surface area contributed by atoms with Crippen LogP contribution in [0.1, 0.15) is 25.6 Å². The van der Waals surface area contributed by atoms with E-state index in [1.54, 1.807) is 19.4 Å². The van der Waals surface area contributed by atoms with Crippen LogP contribution in [-0.4, -0.2) is 63.1 Å². The van der Waals surface area contributed by atoms with E-state index in [1.165, 1.54) is 7.11 Å². The van der Waals surface area contributed by atoms with Gasteiger partial charge in [0.25, 0.3) is 0 Å². The predicted octanol–water partition coefficient (Wildman–Crippen LogP) is -0.927. The number of carbonyl (C=O) groups excluding carboxylic acids is 3. The molecule has 1 aromatic rings. The van der Waals surface area contributed by atoms with Gasteiger partial charge in [-0.1, -0.05) is 0 Å². The van der Waals surface area contributed by atoms with Crippen LogP contribution in [0.5, 0.6) is 0 Å². The highest BCUT2D eigenvalue weighted by Gasteiger charge is 2.68. The number of imide groups is 1. The number of hydrogen-bond acceptors (Lipinski definition) is 7. The second-order valence-corrected chi connectivity index (χ2v) is 6.27. The fraction of sp³-hybridized carbons (Fsp3) is 0.625. The average Bonchev–Trinajstić information content (AvgIpc) is 3.28. The summed E-state index contributed by atoms with van der Waals surface area (Å²) in [5, 5.41) is 13.0. The number of aliphatic hydroxyl groups is 1. The van der Waals surface area contributed by atoms with Gasteiger partial charge in [0.2, 0.25) is 11.8 Å². The van der Waals surface area contributed by atoms with E-state index in [-0.39, 0.29) is 12.5 Å². The highest BCUT2D eigenvalue weighted by Crippen LogP contribution is 2.48. The molecular formula is C16H22N4O5. The van der Waals surface area contributed by atoms with Gasteiger partial charge < -0.3 is 14.4 Å². The summed E-state index contributed by atoms with van der Waals surface area (Å²) in [6.45, 7) is 3.82. The molecule has 0 aromatic carbocycles. The Hall–Kier alpha value is -2.26. The van der Waals surface area contributed by atoms with Gasteiger partial charge in [0, 0.05) is 19.3 Å². The number of imidazole rings is 1. The Morgan fingerprint density at radius 2 is 2.08 bits per heavy atom. The Bertz CT molecular complexity index is 717. The minimum atomic E-state index is -1.65. The van der Waals surface area contributed by atoms with Gasteiger partial charge in [0.05, 0.1) is 43.6 Å². The number of nitrogens with zero attached hydrogens (tertiary/aromatic N) is 3. The first kappa shape index (κ1) is 17.6. The summed E-state index contributed by atoms with van der Waals surface area (Å²) in [7, 11) is 1.19. The number of amides is 2. The third kappa shape index (κ3) is 2.22. The third-order valence-corrected chi connectivity index (χ3v) is 5.26. The number of likely N-dealkylation sites (tertiary alicyclic amines) is 1. The van der Waals surface area contributed by atoms with Crippen molar-refractivity contribution in [2.45, 2.75) is 32.0 Å². The highest BCUT2D eigenvalue weighted by molar-refractivity contribution is 6.09. The zero-order valence-electron chi connectivity index (χ0n) is 14.4. The lowest BCUT2D eigenvalue weighted by Gasteiger charge is -2.30. The quantitative estimate of drug-likeness (QED) is 0.521. The number of rotatable bonds is 5. The molecule has 1 aromatic heterocycles. The van der Waals surface area contributed by atoms with Gasteiger partial charge in [-0.3, -0.25) is 19.8 Å².